The maximum atomic E-state index is 0. The van der Waals surface area contributed by atoms with Gasteiger partial charge in [-0.15, -0.1) is 95.9 Å². The molecule has 0 fully saturated rings. The van der Waals surface area contributed by atoms with Crippen molar-refractivity contribution in [3.8, 4) is 0 Å². The fourth-order valence-corrected chi connectivity index (χ4v) is 0. The van der Waals surface area contributed by atoms with Gasteiger partial charge in [0, 0.05) is 0 Å². The summed E-state index contributed by atoms with van der Waals surface area (Å²) in [6.07, 6.45) is 0. The van der Waals surface area contributed by atoms with Gasteiger partial charge in [-0.3, -0.25) is 0 Å². The van der Waals surface area contributed by atoms with Gasteiger partial charge in [0.15, 0.2) is 0 Å². The molecule has 0 nitrogen and oxygen atoms in total. The Morgan fingerprint density at radius 3 is 0.400 bits per heavy atom. The van der Waals surface area contributed by atoms with Crippen LogP contribution >= 0.6 is 95.9 Å². The van der Waals surface area contributed by atoms with Gasteiger partial charge in [-0.2, -0.15) is 0 Å². The molecule has 0 aromatic heterocycles. The number of hydrogen-bond acceptors (Lipinski definition) is 0. The summed E-state index contributed by atoms with van der Waals surface area (Å²) in [5.41, 5.74) is 0. The number of hydrogen-bond donors (Lipinski definition) is 0. The summed E-state index contributed by atoms with van der Waals surface area (Å²) in [5.74, 6) is 0. The van der Waals surface area contributed by atoms with Crippen LogP contribution in [0.5, 0.6) is 0 Å². The van der Waals surface area contributed by atoms with Crippen LogP contribution in [0.25, 0.3) is 0 Å². The number of halogens is 4. The van der Waals surface area contributed by atoms with Crippen LogP contribution in [0, 0.1) is 0 Å². The molecule has 0 saturated carbocycles. The summed E-state index contributed by atoms with van der Waals surface area (Å²) in [4.78, 5) is 0. The average molecular weight is 640 g/mol. The van der Waals surface area contributed by atoms with Crippen molar-refractivity contribution >= 4 is 120 Å². The molecule has 0 aliphatic rings. The van der Waals surface area contributed by atoms with Crippen LogP contribution < -0.4 is 0 Å². The van der Waals surface area contributed by atoms with Crippen LogP contribution in [-0.2, 0) is 0 Å². The van der Waals surface area contributed by atoms with Gasteiger partial charge in [0.25, 0.3) is 0 Å². The zero-order valence-corrected chi connectivity index (χ0v) is 14.0. The Morgan fingerprint density at radius 1 is 0.400 bits per heavy atom. The first kappa shape index (κ1) is 37.6. The second-order valence-corrected chi connectivity index (χ2v) is 0. The van der Waals surface area contributed by atoms with Crippen LogP contribution in [0.15, 0.2) is 0 Å². The van der Waals surface area contributed by atoms with Gasteiger partial charge in [0.2, 0.25) is 0 Å². The zero-order chi connectivity index (χ0) is 0. The molecule has 5 heavy (non-hydrogen) atoms. The quantitative estimate of drug-likeness (QED) is 0.281. The molecule has 0 spiro atoms. The monoisotopic (exact) mass is 643 g/mol. The fourth-order valence-electron chi connectivity index (χ4n) is 0. The topological polar surface area (TPSA) is 0 Å². The van der Waals surface area contributed by atoms with Crippen LogP contribution in [0.3, 0.4) is 0 Å². The zero-order valence-electron chi connectivity index (χ0n) is 2.08. The van der Waals surface area contributed by atoms with E-state index in [1.54, 1.807) is 0 Å². The first-order valence-corrected chi connectivity index (χ1v) is 0. The normalized spacial score (nSPS) is 0. The van der Waals surface area contributed by atoms with Crippen molar-refractivity contribution in [3.05, 3.63) is 0 Å². The van der Waals surface area contributed by atoms with E-state index in [0.29, 0.717) is 0 Å². The van der Waals surface area contributed by atoms with Crippen molar-refractivity contribution in [3.63, 3.8) is 0 Å². The Hall–Kier alpha value is 3.71. The third-order valence-electron chi connectivity index (χ3n) is 0. The Labute approximate surface area is 117 Å². The predicted octanol–water partition coefficient (Wildman–Crippen LogP) is 1.82. The van der Waals surface area contributed by atoms with Gasteiger partial charge >= 0.3 is 23.7 Å². The Kier molecular flexibility index (Phi) is 190. The SMILES string of the molecule is I.I.I.I.[TeH]. The molecule has 0 aromatic carbocycles. The van der Waals surface area contributed by atoms with Crippen molar-refractivity contribution in [2.75, 3.05) is 0 Å². The summed E-state index contributed by atoms with van der Waals surface area (Å²) in [6.45, 7) is 0. The van der Waals surface area contributed by atoms with E-state index < -0.39 is 0 Å². The van der Waals surface area contributed by atoms with Gasteiger partial charge in [-0.05, 0) is 0 Å². The van der Waals surface area contributed by atoms with Crippen LogP contribution in [0.2, 0.25) is 0 Å². The third kappa shape index (κ3) is 18.3. The van der Waals surface area contributed by atoms with E-state index in [4.69, 9.17) is 0 Å². The molecule has 0 N–H and O–H groups in total. The van der Waals surface area contributed by atoms with E-state index >= 15 is 0 Å². The molecular formula is H5I4Te. The second-order valence-electron chi connectivity index (χ2n) is 0. The first-order chi connectivity index (χ1) is 0. The molecule has 1 radical (unpaired) electrons. The predicted molar refractivity (Wildman–Crippen MR) is 68.8 cm³/mol. The van der Waals surface area contributed by atoms with E-state index in [-0.39, 0.29) is 120 Å². The molecule has 0 atom stereocenters. The van der Waals surface area contributed by atoms with Crippen LogP contribution in [0.1, 0.15) is 0 Å². The summed E-state index contributed by atoms with van der Waals surface area (Å²) in [7, 11) is 0. The van der Waals surface area contributed by atoms with Crippen molar-refractivity contribution in [1.82, 2.24) is 0 Å². The van der Waals surface area contributed by atoms with E-state index in [1.807, 2.05) is 0 Å². The van der Waals surface area contributed by atoms with Gasteiger partial charge in [0.1, 0.15) is 0 Å². The summed E-state index contributed by atoms with van der Waals surface area (Å²) in [6, 6.07) is 0. The molecule has 0 aliphatic heterocycles. The van der Waals surface area contributed by atoms with Gasteiger partial charge in [-0.25, -0.2) is 0 Å². The maximum absolute atomic E-state index is 0. The Morgan fingerprint density at radius 2 is 0.400 bits per heavy atom. The molecule has 39 valence electrons. The van der Waals surface area contributed by atoms with E-state index in [9.17, 15) is 0 Å². The van der Waals surface area contributed by atoms with Crippen LogP contribution in [0.4, 0.5) is 0 Å². The molecule has 0 rings (SSSR count). The van der Waals surface area contributed by atoms with Crippen molar-refractivity contribution in [2.24, 2.45) is 0 Å². The van der Waals surface area contributed by atoms with E-state index in [0.717, 1.165) is 0 Å². The standard InChI is InChI=1S/4HI.HTe/h5*1H. The second kappa shape index (κ2) is 25.2. The van der Waals surface area contributed by atoms with Crippen LogP contribution in [-0.4, -0.2) is 23.7 Å². The average Bonchev–Trinajstić information content (AvgIpc) is 0. The molecule has 5 heteroatoms. The minimum absolute atomic E-state index is 0. The molecular weight excluding hydrogens is 635 g/mol. The summed E-state index contributed by atoms with van der Waals surface area (Å²) >= 11 is 0. The van der Waals surface area contributed by atoms with E-state index in [2.05, 4.69) is 0 Å². The minimum atomic E-state index is 0. The Balaban J connectivity index is 0. The van der Waals surface area contributed by atoms with Crippen molar-refractivity contribution < 1.29 is 0 Å². The molecule has 0 bridgehead atoms. The molecule has 0 aliphatic carbocycles. The van der Waals surface area contributed by atoms with Crippen molar-refractivity contribution in [1.29, 1.82) is 0 Å². The summed E-state index contributed by atoms with van der Waals surface area (Å²) in [5, 5.41) is 0. The molecule has 0 unspecified atom stereocenters. The molecule has 0 heterocycles. The molecule has 0 amide bonds. The van der Waals surface area contributed by atoms with Gasteiger partial charge in [-0.1, -0.05) is 0 Å². The van der Waals surface area contributed by atoms with E-state index in [1.165, 1.54) is 0 Å². The fraction of sp³-hybridized carbons (Fsp3) is 0. The Bertz CT molecular complexity index is 3.61. The summed E-state index contributed by atoms with van der Waals surface area (Å²) < 4.78 is 0. The first-order valence-electron chi connectivity index (χ1n) is 0. The van der Waals surface area contributed by atoms with Gasteiger partial charge < -0.3 is 0 Å². The third-order valence-corrected chi connectivity index (χ3v) is 0. The molecule has 0 aromatic rings. The van der Waals surface area contributed by atoms with Gasteiger partial charge in [0.05, 0.1) is 0 Å². The van der Waals surface area contributed by atoms with Crippen molar-refractivity contribution in [2.45, 2.75) is 0 Å². The number of rotatable bonds is 0. The molecule has 0 saturated heterocycles.